The Morgan fingerprint density at radius 2 is 1.59 bits per heavy atom. The molecule has 3 N–H and O–H groups in total. The molecule has 0 aliphatic rings. The molecule has 0 spiro atoms. The molecule has 0 saturated carbocycles. The lowest BCUT2D eigenvalue weighted by atomic mass is 10.2. The second-order valence-corrected chi connectivity index (χ2v) is 8.64. The summed E-state index contributed by atoms with van der Waals surface area (Å²) in [5.74, 6) is -0.408. The average Bonchev–Trinajstić information content (AvgIpc) is 3.23. The number of aryl methyl sites for hydroxylation is 1. The average molecular weight is 447 g/mol. The number of carbonyl (C=O) groups is 1. The van der Waals surface area contributed by atoms with Gasteiger partial charge in [-0.2, -0.15) is 0 Å². The van der Waals surface area contributed by atoms with Gasteiger partial charge in [0.2, 0.25) is 0 Å². The van der Waals surface area contributed by atoms with Crippen LogP contribution in [0.5, 0.6) is 0 Å². The molecule has 8 heteroatoms. The van der Waals surface area contributed by atoms with Crippen LogP contribution in [-0.4, -0.2) is 15.5 Å². The lowest BCUT2D eigenvalue weighted by Gasteiger charge is -2.24. The second kappa shape index (κ2) is 9.07. The molecule has 2 heterocycles. The summed E-state index contributed by atoms with van der Waals surface area (Å²) >= 11 is 1.34. The number of nitrogen functional groups attached to an aromatic ring is 1. The van der Waals surface area contributed by atoms with Crippen molar-refractivity contribution in [3.05, 3.63) is 115 Å². The van der Waals surface area contributed by atoms with Gasteiger partial charge in [-0.05, 0) is 30.2 Å². The molecule has 7 nitrogen and oxygen atoms in total. The maximum atomic E-state index is 13.5. The number of hydrogen-bond acceptors (Lipinski definition) is 5. The van der Waals surface area contributed by atoms with Crippen molar-refractivity contribution < 1.29 is 4.79 Å². The van der Waals surface area contributed by atoms with E-state index in [0.29, 0.717) is 4.88 Å². The lowest BCUT2D eigenvalue weighted by molar-refractivity contribution is 0.0988. The number of carbonyl (C=O) groups excluding carboxylic acids is 1. The van der Waals surface area contributed by atoms with Crippen LogP contribution in [0.2, 0.25) is 0 Å². The van der Waals surface area contributed by atoms with Crippen molar-refractivity contribution in [3.8, 4) is 0 Å². The Bertz CT molecular complexity index is 1360. The zero-order valence-corrected chi connectivity index (χ0v) is 18.3. The van der Waals surface area contributed by atoms with E-state index in [-0.39, 0.29) is 30.5 Å². The molecule has 4 rings (SSSR count). The molecule has 2 aromatic carbocycles. The van der Waals surface area contributed by atoms with Gasteiger partial charge in [0, 0.05) is 4.88 Å². The van der Waals surface area contributed by atoms with Gasteiger partial charge < -0.3 is 5.73 Å². The number of amides is 1. The first-order chi connectivity index (χ1) is 15.4. The predicted octanol–water partition coefficient (Wildman–Crippen LogP) is 3.38. The normalized spacial score (nSPS) is 10.8. The maximum absolute atomic E-state index is 13.5. The minimum Gasteiger partial charge on any atom is -0.383 e. The summed E-state index contributed by atoms with van der Waals surface area (Å²) < 4.78 is 1.27. The molecule has 0 bridgehead atoms. The summed E-state index contributed by atoms with van der Waals surface area (Å²) in [6, 6.07) is 22.2. The molecule has 4 aromatic rings. The Hall–Kier alpha value is -3.91. The Morgan fingerprint density at radius 3 is 2.19 bits per heavy atom. The van der Waals surface area contributed by atoms with E-state index in [9.17, 15) is 14.4 Å². The molecule has 0 fully saturated rings. The van der Waals surface area contributed by atoms with Crippen molar-refractivity contribution in [2.75, 3.05) is 10.6 Å². The highest BCUT2D eigenvalue weighted by Gasteiger charge is 2.26. The van der Waals surface area contributed by atoms with E-state index in [1.807, 2.05) is 73.7 Å². The fourth-order valence-corrected chi connectivity index (χ4v) is 4.28. The summed E-state index contributed by atoms with van der Waals surface area (Å²) in [6.07, 6.45) is 0. The number of benzene rings is 2. The van der Waals surface area contributed by atoms with Gasteiger partial charge in [0.15, 0.2) is 5.69 Å². The highest BCUT2D eigenvalue weighted by molar-refractivity contribution is 7.14. The number of aromatic amines is 1. The number of nitrogens with zero attached hydrogens (tertiary/aromatic N) is 2. The van der Waals surface area contributed by atoms with E-state index in [4.69, 9.17) is 5.73 Å². The SMILES string of the molecule is Cc1ccc(C(=O)N(Cc2ccccc2)c2c(N)n(Cc3ccccc3)c(=O)[nH]c2=O)s1. The summed E-state index contributed by atoms with van der Waals surface area (Å²) in [5.41, 5.74) is 6.66. The minimum atomic E-state index is -0.700. The van der Waals surface area contributed by atoms with Gasteiger partial charge in [-0.15, -0.1) is 11.3 Å². The van der Waals surface area contributed by atoms with Crippen LogP contribution < -0.4 is 21.9 Å². The molecule has 32 heavy (non-hydrogen) atoms. The molecule has 2 aromatic heterocycles. The monoisotopic (exact) mass is 446 g/mol. The first-order valence-electron chi connectivity index (χ1n) is 10.0. The molecule has 0 unspecified atom stereocenters. The third-order valence-corrected chi connectivity index (χ3v) is 6.04. The number of H-pyrrole nitrogens is 1. The van der Waals surface area contributed by atoms with E-state index in [2.05, 4.69) is 4.98 Å². The van der Waals surface area contributed by atoms with E-state index >= 15 is 0 Å². The van der Waals surface area contributed by atoms with Crippen LogP contribution in [0, 0.1) is 6.92 Å². The maximum Gasteiger partial charge on any atom is 0.330 e. The molecule has 162 valence electrons. The van der Waals surface area contributed by atoms with Gasteiger partial charge >= 0.3 is 5.69 Å². The van der Waals surface area contributed by atoms with Crippen molar-refractivity contribution in [2.24, 2.45) is 0 Å². The van der Waals surface area contributed by atoms with Crippen LogP contribution in [-0.2, 0) is 13.1 Å². The molecule has 0 aliphatic heterocycles. The van der Waals surface area contributed by atoms with E-state index in [1.165, 1.54) is 20.8 Å². The summed E-state index contributed by atoms with van der Waals surface area (Å²) in [6.45, 7) is 2.21. The number of nitrogens with two attached hydrogens (primary N) is 1. The number of rotatable bonds is 6. The standard InChI is InChI=1S/C24H22N4O3S/c1-16-12-13-19(32-16)23(30)27(14-17-8-4-2-5-9-17)20-21(25)28(24(31)26-22(20)29)15-18-10-6-3-7-11-18/h2-13H,14-15,25H2,1H3,(H,26,29,31). The second-order valence-electron chi connectivity index (χ2n) is 7.35. The molecule has 0 aliphatic carbocycles. The Kier molecular flexibility index (Phi) is 6.04. The van der Waals surface area contributed by atoms with Crippen molar-refractivity contribution >= 4 is 28.7 Å². The highest BCUT2D eigenvalue weighted by Crippen LogP contribution is 2.25. The van der Waals surface area contributed by atoms with Gasteiger partial charge in [0.1, 0.15) is 5.82 Å². The molecule has 0 atom stereocenters. The largest absolute Gasteiger partial charge is 0.383 e. The quantitative estimate of drug-likeness (QED) is 0.474. The number of anilines is 2. The summed E-state index contributed by atoms with van der Waals surface area (Å²) in [4.78, 5) is 44.1. The minimum absolute atomic E-state index is 0.0413. The van der Waals surface area contributed by atoms with Crippen molar-refractivity contribution in [2.45, 2.75) is 20.0 Å². The highest BCUT2D eigenvalue weighted by atomic mass is 32.1. The lowest BCUT2D eigenvalue weighted by Crippen LogP contribution is -2.40. The molecule has 0 radical (unpaired) electrons. The van der Waals surface area contributed by atoms with Gasteiger partial charge in [-0.1, -0.05) is 60.7 Å². The van der Waals surface area contributed by atoms with E-state index < -0.39 is 11.2 Å². The molecular weight excluding hydrogens is 424 g/mol. The van der Waals surface area contributed by atoms with Gasteiger partial charge in [-0.25, -0.2) is 4.79 Å². The molecule has 0 saturated heterocycles. The fourth-order valence-electron chi connectivity index (χ4n) is 3.46. The predicted molar refractivity (Wildman–Crippen MR) is 127 cm³/mol. The van der Waals surface area contributed by atoms with Gasteiger partial charge in [0.05, 0.1) is 18.0 Å². The Morgan fingerprint density at radius 1 is 0.969 bits per heavy atom. The van der Waals surface area contributed by atoms with Crippen molar-refractivity contribution in [1.29, 1.82) is 0 Å². The molecular formula is C24H22N4O3S. The number of hydrogen-bond donors (Lipinski definition) is 2. The van der Waals surface area contributed by atoms with Crippen LogP contribution in [0.1, 0.15) is 25.7 Å². The third-order valence-electron chi connectivity index (χ3n) is 5.05. The van der Waals surface area contributed by atoms with Crippen LogP contribution in [0.4, 0.5) is 11.5 Å². The van der Waals surface area contributed by atoms with Gasteiger partial charge in [-0.3, -0.25) is 24.0 Å². The summed E-state index contributed by atoms with van der Waals surface area (Å²) in [5, 5.41) is 0. The van der Waals surface area contributed by atoms with E-state index in [1.54, 1.807) is 6.07 Å². The van der Waals surface area contributed by atoms with Gasteiger partial charge in [0.25, 0.3) is 11.5 Å². The number of aromatic nitrogens is 2. The zero-order chi connectivity index (χ0) is 22.7. The van der Waals surface area contributed by atoms with Crippen LogP contribution >= 0.6 is 11.3 Å². The first-order valence-corrected chi connectivity index (χ1v) is 10.8. The number of thiophene rings is 1. The Balaban J connectivity index is 1.84. The van der Waals surface area contributed by atoms with Crippen LogP contribution in [0.15, 0.2) is 82.4 Å². The van der Waals surface area contributed by atoms with Crippen molar-refractivity contribution in [3.63, 3.8) is 0 Å². The Labute approximate surface area is 188 Å². The van der Waals surface area contributed by atoms with Crippen LogP contribution in [0.25, 0.3) is 0 Å². The molecule has 1 amide bonds. The van der Waals surface area contributed by atoms with Crippen molar-refractivity contribution in [1.82, 2.24) is 9.55 Å². The smallest absolute Gasteiger partial charge is 0.330 e. The topological polar surface area (TPSA) is 101 Å². The first kappa shape index (κ1) is 21.3. The fraction of sp³-hybridized carbons (Fsp3) is 0.125. The zero-order valence-electron chi connectivity index (χ0n) is 17.4. The third kappa shape index (κ3) is 4.40. The summed E-state index contributed by atoms with van der Waals surface area (Å²) in [7, 11) is 0. The van der Waals surface area contributed by atoms with Crippen LogP contribution in [0.3, 0.4) is 0 Å². The number of nitrogens with one attached hydrogen (secondary N) is 1. The van der Waals surface area contributed by atoms with E-state index in [0.717, 1.165) is 16.0 Å².